The lowest BCUT2D eigenvalue weighted by molar-refractivity contribution is 0.0687. The van der Waals surface area contributed by atoms with Gasteiger partial charge in [-0.3, -0.25) is 0 Å². The number of halogens is 4. The standard InChI is InChI=1S/C14H11BrClF2N3O3/c1-24-11-6(16)3-2-5(9(11)18)13-20-10(14(22)23)8(7(17)4-15)12(19)21-13/h2-3,7H,4H2,1H3,(H,22,23)(H2,19,20,21). The van der Waals surface area contributed by atoms with Crippen molar-refractivity contribution < 1.29 is 23.4 Å². The molecule has 128 valence electrons. The van der Waals surface area contributed by atoms with Crippen LogP contribution in [0, 0.1) is 5.82 Å². The minimum atomic E-state index is -1.73. The molecule has 0 saturated heterocycles. The second kappa shape index (κ2) is 7.27. The fraction of sp³-hybridized carbons (Fsp3) is 0.214. The summed E-state index contributed by atoms with van der Waals surface area (Å²) in [6, 6.07) is 2.58. The zero-order valence-electron chi connectivity index (χ0n) is 12.2. The van der Waals surface area contributed by atoms with Crippen LogP contribution in [0.1, 0.15) is 22.2 Å². The highest BCUT2D eigenvalue weighted by atomic mass is 79.9. The number of aromatic nitrogens is 2. The number of nitrogens with two attached hydrogens (primary N) is 1. The summed E-state index contributed by atoms with van der Waals surface area (Å²) in [7, 11) is 1.22. The summed E-state index contributed by atoms with van der Waals surface area (Å²) in [6.45, 7) is 0. The van der Waals surface area contributed by atoms with Crippen molar-refractivity contribution >= 4 is 39.3 Å². The fourth-order valence-electron chi connectivity index (χ4n) is 2.05. The maximum Gasteiger partial charge on any atom is 0.355 e. The van der Waals surface area contributed by atoms with Crippen molar-refractivity contribution in [1.29, 1.82) is 0 Å². The Morgan fingerprint density at radius 3 is 2.71 bits per heavy atom. The van der Waals surface area contributed by atoms with Crippen LogP contribution < -0.4 is 10.5 Å². The Bertz CT molecular complexity index is 807. The van der Waals surface area contributed by atoms with Crippen LogP contribution in [0.3, 0.4) is 0 Å². The van der Waals surface area contributed by atoms with Crippen molar-refractivity contribution in [2.24, 2.45) is 0 Å². The number of alkyl halides is 2. The van der Waals surface area contributed by atoms with Gasteiger partial charge < -0.3 is 15.6 Å². The van der Waals surface area contributed by atoms with Crippen molar-refractivity contribution in [2.75, 3.05) is 18.2 Å². The van der Waals surface area contributed by atoms with Crippen LogP contribution in [0.2, 0.25) is 5.02 Å². The van der Waals surface area contributed by atoms with E-state index in [1.807, 2.05) is 0 Å². The molecular formula is C14H11BrClF2N3O3. The van der Waals surface area contributed by atoms with E-state index >= 15 is 0 Å². The monoisotopic (exact) mass is 421 g/mol. The first-order valence-corrected chi connectivity index (χ1v) is 7.94. The summed E-state index contributed by atoms with van der Waals surface area (Å²) < 4.78 is 33.2. The summed E-state index contributed by atoms with van der Waals surface area (Å²) in [4.78, 5) is 18.9. The molecule has 0 spiro atoms. The van der Waals surface area contributed by atoms with E-state index in [4.69, 9.17) is 22.1 Å². The van der Waals surface area contributed by atoms with Gasteiger partial charge in [-0.15, -0.1) is 0 Å². The quantitative estimate of drug-likeness (QED) is 0.714. The molecule has 1 heterocycles. The molecular weight excluding hydrogens is 412 g/mol. The average Bonchev–Trinajstić information content (AvgIpc) is 2.53. The Labute approximate surface area is 148 Å². The normalized spacial score (nSPS) is 12.0. The number of carbonyl (C=O) groups is 1. The third-order valence-electron chi connectivity index (χ3n) is 3.12. The molecule has 0 radical (unpaired) electrons. The van der Waals surface area contributed by atoms with Gasteiger partial charge in [-0.25, -0.2) is 23.5 Å². The van der Waals surface area contributed by atoms with Gasteiger partial charge in [0.1, 0.15) is 12.0 Å². The molecule has 0 aliphatic carbocycles. The van der Waals surface area contributed by atoms with Crippen molar-refractivity contribution in [2.45, 2.75) is 6.17 Å². The zero-order valence-corrected chi connectivity index (χ0v) is 14.5. The Morgan fingerprint density at radius 1 is 1.50 bits per heavy atom. The number of nitrogen functional groups attached to an aromatic ring is 1. The zero-order chi connectivity index (χ0) is 18.0. The topological polar surface area (TPSA) is 98.3 Å². The van der Waals surface area contributed by atoms with Gasteiger partial charge in [0.15, 0.2) is 23.1 Å². The van der Waals surface area contributed by atoms with E-state index in [-0.39, 0.29) is 33.1 Å². The van der Waals surface area contributed by atoms with Crippen molar-refractivity contribution in [1.82, 2.24) is 9.97 Å². The highest BCUT2D eigenvalue weighted by molar-refractivity contribution is 9.09. The van der Waals surface area contributed by atoms with Crippen molar-refractivity contribution in [3.05, 3.63) is 34.2 Å². The number of hydrogen-bond donors (Lipinski definition) is 2. The van der Waals surface area contributed by atoms with E-state index in [1.54, 1.807) is 0 Å². The first-order chi connectivity index (χ1) is 11.3. The SMILES string of the molecule is COc1c(Cl)ccc(-c2nc(N)c(C(F)CBr)c(C(=O)O)n2)c1F. The lowest BCUT2D eigenvalue weighted by atomic mass is 10.1. The number of carboxylic acid groups (broad SMARTS) is 1. The number of benzene rings is 1. The van der Waals surface area contributed by atoms with Gasteiger partial charge in [0.2, 0.25) is 0 Å². The summed E-state index contributed by atoms with van der Waals surface area (Å²) in [5, 5.41) is 9.08. The highest BCUT2D eigenvalue weighted by Crippen LogP contribution is 2.35. The number of aromatic carboxylic acids is 1. The van der Waals surface area contributed by atoms with Gasteiger partial charge in [-0.05, 0) is 12.1 Å². The van der Waals surface area contributed by atoms with E-state index in [9.17, 15) is 18.7 Å². The maximum absolute atomic E-state index is 14.4. The number of rotatable bonds is 5. The number of methoxy groups -OCH3 is 1. The van der Waals surface area contributed by atoms with Crippen molar-refractivity contribution in [3.8, 4) is 17.1 Å². The van der Waals surface area contributed by atoms with Crippen LogP contribution in [-0.2, 0) is 0 Å². The van der Waals surface area contributed by atoms with Gasteiger partial charge in [0.05, 0.1) is 23.3 Å². The van der Waals surface area contributed by atoms with Crippen LogP contribution in [0.5, 0.6) is 5.75 Å². The lowest BCUT2D eigenvalue weighted by Crippen LogP contribution is -2.14. The smallest absolute Gasteiger partial charge is 0.355 e. The summed E-state index contributed by atoms with van der Waals surface area (Å²) >= 11 is 8.71. The molecule has 1 aromatic carbocycles. The summed E-state index contributed by atoms with van der Waals surface area (Å²) in [5.41, 5.74) is 4.48. The number of ether oxygens (including phenoxy) is 1. The van der Waals surface area contributed by atoms with Gasteiger partial charge in [0, 0.05) is 5.33 Å². The van der Waals surface area contributed by atoms with Crippen LogP contribution in [-0.4, -0.2) is 33.5 Å². The lowest BCUT2D eigenvalue weighted by Gasteiger charge is -2.14. The molecule has 1 atom stereocenters. The second-order valence-electron chi connectivity index (χ2n) is 4.56. The predicted octanol–water partition coefficient (Wildman–Crippen LogP) is 3.63. The van der Waals surface area contributed by atoms with Crippen LogP contribution >= 0.6 is 27.5 Å². The Hall–Kier alpha value is -2.00. The second-order valence-corrected chi connectivity index (χ2v) is 5.62. The number of anilines is 1. The van der Waals surface area contributed by atoms with Crippen LogP contribution in [0.15, 0.2) is 12.1 Å². The molecule has 0 aliphatic heterocycles. The molecule has 2 aromatic rings. The third-order valence-corrected chi connectivity index (χ3v) is 3.99. The van der Waals surface area contributed by atoms with Crippen LogP contribution in [0.4, 0.5) is 14.6 Å². The molecule has 0 fully saturated rings. The predicted molar refractivity (Wildman–Crippen MR) is 88.0 cm³/mol. The molecule has 0 aliphatic rings. The Morgan fingerprint density at radius 2 is 2.17 bits per heavy atom. The van der Waals surface area contributed by atoms with Crippen molar-refractivity contribution in [3.63, 3.8) is 0 Å². The first kappa shape index (κ1) is 18.3. The third kappa shape index (κ3) is 3.27. The first-order valence-electron chi connectivity index (χ1n) is 6.44. The number of nitrogens with zero attached hydrogens (tertiary/aromatic N) is 2. The van der Waals surface area contributed by atoms with Gasteiger partial charge in [-0.1, -0.05) is 27.5 Å². The van der Waals surface area contributed by atoms with E-state index < -0.39 is 29.5 Å². The van der Waals surface area contributed by atoms with Crippen LogP contribution in [0.25, 0.3) is 11.4 Å². The molecule has 1 unspecified atom stereocenters. The minimum absolute atomic E-state index is 0.0184. The Kier molecular flexibility index (Phi) is 5.55. The van der Waals surface area contributed by atoms with Gasteiger partial charge in [-0.2, -0.15) is 0 Å². The highest BCUT2D eigenvalue weighted by Gasteiger charge is 2.26. The number of hydrogen-bond acceptors (Lipinski definition) is 5. The molecule has 24 heavy (non-hydrogen) atoms. The maximum atomic E-state index is 14.4. The van der Waals surface area contributed by atoms with E-state index in [1.165, 1.54) is 19.2 Å². The molecule has 0 amide bonds. The number of carboxylic acids is 1. The van der Waals surface area contributed by atoms with Gasteiger partial charge in [0.25, 0.3) is 0 Å². The molecule has 0 saturated carbocycles. The molecule has 3 N–H and O–H groups in total. The fourth-order valence-corrected chi connectivity index (χ4v) is 2.60. The molecule has 0 bridgehead atoms. The van der Waals surface area contributed by atoms with E-state index in [0.29, 0.717) is 0 Å². The molecule has 2 rings (SSSR count). The largest absolute Gasteiger partial charge is 0.492 e. The minimum Gasteiger partial charge on any atom is -0.492 e. The van der Waals surface area contributed by atoms with Gasteiger partial charge >= 0.3 is 5.97 Å². The summed E-state index contributed by atoms with van der Waals surface area (Å²) in [6.07, 6.45) is -1.73. The van der Waals surface area contributed by atoms with E-state index in [0.717, 1.165) is 0 Å². The Balaban J connectivity index is 2.72. The van der Waals surface area contributed by atoms with E-state index in [2.05, 4.69) is 25.9 Å². The average molecular weight is 423 g/mol. The summed E-state index contributed by atoms with van der Waals surface area (Å²) in [5.74, 6) is -3.35. The molecule has 1 aromatic heterocycles. The molecule has 6 nitrogen and oxygen atoms in total. The molecule has 10 heteroatoms.